The lowest BCUT2D eigenvalue weighted by molar-refractivity contribution is -0.115. The van der Waals surface area contributed by atoms with E-state index in [1.54, 1.807) is 4.68 Å². The van der Waals surface area contributed by atoms with Gasteiger partial charge in [0, 0.05) is 18.9 Å². The summed E-state index contributed by atoms with van der Waals surface area (Å²) in [5.74, 6) is -0.0261. The van der Waals surface area contributed by atoms with Gasteiger partial charge in [-0.05, 0) is 43.1 Å². The number of carbonyl (C=O) groups excluding carboxylic acids is 1. The van der Waals surface area contributed by atoms with Crippen LogP contribution in [-0.2, 0) is 18.3 Å². The van der Waals surface area contributed by atoms with Gasteiger partial charge in [-0.3, -0.25) is 9.48 Å². The first kappa shape index (κ1) is 14.3. The van der Waals surface area contributed by atoms with Crippen molar-refractivity contribution in [3.63, 3.8) is 0 Å². The summed E-state index contributed by atoms with van der Waals surface area (Å²) in [6.45, 7) is 3.07. The fourth-order valence-electron chi connectivity index (χ4n) is 1.96. The summed E-state index contributed by atoms with van der Waals surface area (Å²) in [7, 11) is 1.90. The number of nitrogens with one attached hydrogen (secondary N) is 2. The second-order valence-corrected chi connectivity index (χ2v) is 4.87. The van der Waals surface area contributed by atoms with Crippen LogP contribution in [0.4, 0.5) is 5.69 Å². The molecule has 20 heavy (non-hydrogen) atoms. The molecule has 0 bridgehead atoms. The number of benzene rings is 1. The Hall–Kier alpha value is -2.14. The molecule has 2 aromatic rings. The lowest BCUT2D eigenvalue weighted by Gasteiger charge is -2.07. The Morgan fingerprint density at radius 3 is 2.95 bits per heavy atom. The zero-order valence-electron chi connectivity index (χ0n) is 11.9. The minimum atomic E-state index is -0.0261. The Morgan fingerprint density at radius 2 is 2.25 bits per heavy atom. The molecule has 0 radical (unpaired) electrons. The molecule has 0 aliphatic rings. The van der Waals surface area contributed by atoms with Gasteiger partial charge in [0.2, 0.25) is 5.91 Å². The van der Waals surface area contributed by atoms with Crippen molar-refractivity contribution in [1.82, 2.24) is 15.1 Å². The maximum atomic E-state index is 11.7. The first-order valence-electron chi connectivity index (χ1n) is 6.68. The molecule has 0 aliphatic carbocycles. The second-order valence-electron chi connectivity index (χ2n) is 4.87. The highest BCUT2D eigenvalue weighted by atomic mass is 16.1. The lowest BCUT2D eigenvalue weighted by atomic mass is 10.2. The van der Waals surface area contributed by atoms with Crippen LogP contribution in [0.25, 0.3) is 0 Å². The van der Waals surface area contributed by atoms with E-state index in [1.165, 1.54) is 5.56 Å². The highest BCUT2D eigenvalue weighted by Crippen LogP contribution is 2.08. The van der Waals surface area contributed by atoms with E-state index in [2.05, 4.69) is 15.7 Å². The third-order valence-electron chi connectivity index (χ3n) is 2.94. The lowest BCUT2D eigenvalue weighted by Crippen LogP contribution is -2.29. The number of aryl methyl sites for hydroxylation is 2. The van der Waals surface area contributed by atoms with Gasteiger partial charge in [0.25, 0.3) is 0 Å². The highest BCUT2D eigenvalue weighted by molar-refractivity contribution is 5.92. The molecule has 1 aromatic heterocycles. The zero-order valence-corrected chi connectivity index (χ0v) is 11.9. The van der Waals surface area contributed by atoms with Gasteiger partial charge >= 0.3 is 0 Å². The molecule has 0 spiro atoms. The second kappa shape index (κ2) is 6.86. The van der Waals surface area contributed by atoms with Crippen LogP contribution in [0.15, 0.2) is 36.7 Å². The van der Waals surface area contributed by atoms with Gasteiger partial charge in [0.1, 0.15) is 0 Å². The number of hydrogen-bond acceptors (Lipinski definition) is 3. The van der Waals surface area contributed by atoms with Crippen LogP contribution in [-0.4, -0.2) is 28.8 Å². The van der Waals surface area contributed by atoms with Gasteiger partial charge in [-0.1, -0.05) is 12.1 Å². The first-order valence-corrected chi connectivity index (χ1v) is 6.68. The normalized spacial score (nSPS) is 10.5. The monoisotopic (exact) mass is 272 g/mol. The molecule has 106 valence electrons. The van der Waals surface area contributed by atoms with Crippen molar-refractivity contribution >= 4 is 11.6 Å². The Morgan fingerprint density at radius 1 is 1.40 bits per heavy atom. The average Bonchev–Trinajstić information content (AvgIpc) is 2.80. The van der Waals surface area contributed by atoms with Crippen molar-refractivity contribution in [2.75, 3.05) is 18.4 Å². The van der Waals surface area contributed by atoms with E-state index in [9.17, 15) is 4.79 Å². The average molecular weight is 272 g/mol. The molecule has 5 nitrogen and oxygen atoms in total. The molecule has 1 heterocycles. The number of nitrogens with zero attached hydrogens (tertiary/aromatic N) is 2. The van der Waals surface area contributed by atoms with Gasteiger partial charge in [0.05, 0.1) is 12.7 Å². The van der Waals surface area contributed by atoms with E-state index in [-0.39, 0.29) is 5.91 Å². The molecule has 0 saturated carbocycles. The first-order chi connectivity index (χ1) is 9.63. The maximum absolute atomic E-state index is 11.7. The van der Waals surface area contributed by atoms with Gasteiger partial charge in [-0.2, -0.15) is 5.10 Å². The SMILES string of the molecule is Cc1cccc(NC(=O)CNCCc2cnn(C)c2)c1. The minimum absolute atomic E-state index is 0.0261. The van der Waals surface area contributed by atoms with Crippen molar-refractivity contribution in [2.45, 2.75) is 13.3 Å². The summed E-state index contributed by atoms with van der Waals surface area (Å²) >= 11 is 0. The van der Waals surface area contributed by atoms with Crippen molar-refractivity contribution in [2.24, 2.45) is 7.05 Å². The number of hydrogen-bond donors (Lipinski definition) is 2. The molecular weight excluding hydrogens is 252 g/mol. The molecule has 0 aliphatic heterocycles. The van der Waals surface area contributed by atoms with Crippen LogP contribution in [0.5, 0.6) is 0 Å². The summed E-state index contributed by atoms with van der Waals surface area (Å²) in [5, 5.41) is 10.1. The summed E-state index contributed by atoms with van der Waals surface area (Å²) in [4.78, 5) is 11.7. The van der Waals surface area contributed by atoms with Gasteiger partial charge < -0.3 is 10.6 Å². The summed E-state index contributed by atoms with van der Waals surface area (Å²) < 4.78 is 1.78. The molecule has 1 amide bonds. The van der Waals surface area contributed by atoms with Crippen molar-refractivity contribution in [3.05, 3.63) is 47.8 Å². The third-order valence-corrected chi connectivity index (χ3v) is 2.94. The van der Waals surface area contributed by atoms with Crippen LogP contribution in [0.1, 0.15) is 11.1 Å². The molecule has 2 N–H and O–H groups in total. The molecule has 1 aromatic carbocycles. The number of carbonyl (C=O) groups is 1. The third kappa shape index (κ3) is 4.51. The molecule has 0 saturated heterocycles. The summed E-state index contributed by atoms with van der Waals surface area (Å²) in [6.07, 6.45) is 4.69. The predicted molar refractivity (Wildman–Crippen MR) is 79.6 cm³/mol. The Kier molecular flexibility index (Phi) is 4.90. The Bertz CT molecular complexity index is 577. The minimum Gasteiger partial charge on any atom is -0.325 e. The number of amides is 1. The Labute approximate surface area is 119 Å². The fraction of sp³-hybridized carbons (Fsp3) is 0.333. The van der Waals surface area contributed by atoms with Crippen LogP contribution in [0.3, 0.4) is 0 Å². The standard InChI is InChI=1S/C15H20N4O/c1-12-4-3-5-14(8-12)18-15(20)10-16-7-6-13-9-17-19(2)11-13/h3-5,8-9,11,16H,6-7,10H2,1-2H3,(H,18,20). The van der Waals surface area contributed by atoms with Gasteiger partial charge in [-0.25, -0.2) is 0 Å². The molecule has 0 fully saturated rings. The van der Waals surface area contributed by atoms with Crippen molar-refractivity contribution in [3.8, 4) is 0 Å². The molecular formula is C15H20N4O. The van der Waals surface area contributed by atoms with E-state index in [0.717, 1.165) is 24.2 Å². The quantitative estimate of drug-likeness (QED) is 0.783. The largest absolute Gasteiger partial charge is 0.325 e. The summed E-state index contributed by atoms with van der Waals surface area (Å²) in [5.41, 5.74) is 3.13. The number of aromatic nitrogens is 2. The van der Waals surface area contributed by atoms with E-state index in [0.29, 0.717) is 6.54 Å². The van der Waals surface area contributed by atoms with Crippen molar-refractivity contribution < 1.29 is 4.79 Å². The Balaban J connectivity index is 1.67. The van der Waals surface area contributed by atoms with Crippen LogP contribution < -0.4 is 10.6 Å². The molecule has 5 heteroatoms. The van der Waals surface area contributed by atoms with Crippen LogP contribution in [0, 0.1) is 6.92 Å². The maximum Gasteiger partial charge on any atom is 0.238 e. The summed E-state index contributed by atoms with van der Waals surface area (Å²) in [6, 6.07) is 7.77. The molecule has 0 atom stereocenters. The topological polar surface area (TPSA) is 59.0 Å². The number of anilines is 1. The highest BCUT2D eigenvalue weighted by Gasteiger charge is 2.02. The van der Waals surface area contributed by atoms with Gasteiger partial charge in [0.15, 0.2) is 0 Å². The van der Waals surface area contributed by atoms with E-state index >= 15 is 0 Å². The fourth-order valence-corrected chi connectivity index (χ4v) is 1.96. The van der Waals surface area contributed by atoms with E-state index in [4.69, 9.17) is 0 Å². The van der Waals surface area contributed by atoms with E-state index in [1.807, 2.05) is 50.6 Å². The van der Waals surface area contributed by atoms with Crippen LogP contribution >= 0.6 is 0 Å². The van der Waals surface area contributed by atoms with Crippen LogP contribution in [0.2, 0.25) is 0 Å². The smallest absolute Gasteiger partial charge is 0.238 e. The van der Waals surface area contributed by atoms with Gasteiger partial charge in [-0.15, -0.1) is 0 Å². The molecule has 0 unspecified atom stereocenters. The van der Waals surface area contributed by atoms with E-state index < -0.39 is 0 Å². The predicted octanol–water partition coefficient (Wildman–Crippen LogP) is 1.50. The molecule has 2 rings (SSSR count). The van der Waals surface area contributed by atoms with Crippen molar-refractivity contribution in [1.29, 1.82) is 0 Å². The number of rotatable bonds is 6. The zero-order chi connectivity index (χ0) is 14.4.